The van der Waals surface area contributed by atoms with E-state index in [0.29, 0.717) is 0 Å². The molecule has 96 valence electrons. The summed E-state index contributed by atoms with van der Waals surface area (Å²) in [6.07, 6.45) is -6.57. The first-order chi connectivity index (χ1) is 7.22. The Kier molecular flexibility index (Phi) is 4.28. The van der Waals surface area contributed by atoms with Gasteiger partial charge < -0.3 is 29.9 Å². The number of ether oxygens (including phenoxy) is 2. The van der Waals surface area contributed by atoms with Crippen LogP contribution in [0.3, 0.4) is 0 Å². The molecule has 1 rings (SSSR count). The van der Waals surface area contributed by atoms with Crippen LogP contribution in [-0.4, -0.2) is 63.3 Å². The van der Waals surface area contributed by atoms with Crippen LogP contribution in [0.5, 0.6) is 0 Å². The van der Waals surface area contributed by atoms with Crippen molar-refractivity contribution in [2.24, 2.45) is 0 Å². The molecular formula is C10H20O6. The van der Waals surface area contributed by atoms with E-state index in [-0.39, 0.29) is 6.61 Å². The van der Waals surface area contributed by atoms with Crippen molar-refractivity contribution in [3.63, 3.8) is 0 Å². The quantitative estimate of drug-likeness (QED) is 0.471. The maximum absolute atomic E-state index is 9.60. The smallest absolute Gasteiger partial charge is 0.184 e. The molecule has 16 heavy (non-hydrogen) atoms. The van der Waals surface area contributed by atoms with Gasteiger partial charge in [0.2, 0.25) is 0 Å². The topological polar surface area (TPSA) is 99.4 Å². The van der Waals surface area contributed by atoms with Crippen LogP contribution >= 0.6 is 0 Å². The Morgan fingerprint density at radius 2 is 1.56 bits per heavy atom. The summed E-state index contributed by atoms with van der Waals surface area (Å²) in [4.78, 5) is 0. The molecular weight excluding hydrogens is 216 g/mol. The van der Waals surface area contributed by atoms with Gasteiger partial charge in [0.25, 0.3) is 0 Å². The van der Waals surface area contributed by atoms with Gasteiger partial charge in [-0.1, -0.05) is 0 Å². The van der Waals surface area contributed by atoms with Crippen LogP contribution in [0.15, 0.2) is 0 Å². The molecule has 1 aliphatic rings. The van der Waals surface area contributed by atoms with E-state index >= 15 is 0 Å². The fraction of sp³-hybridized carbons (Fsp3) is 1.00. The molecule has 6 heteroatoms. The predicted molar refractivity (Wildman–Crippen MR) is 54.6 cm³/mol. The highest BCUT2D eigenvalue weighted by Crippen LogP contribution is 2.21. The highest BCUT2D eigenvalue weighted by molar-refractivity contribution is 4.88. The Bertz CT molecular complexity index is 226. The number of hydrogen-bond acceptors (Lipinski definition) is 6. The molecule has 0 radical (unpaired) electrons. The molecule has 0 bridgehead atoms. The van der Waals surface area contributed by atoms with Gasteiger partial charge in [0.15, 0.2) is 6.29 Å². The second-order valence-electron chi connectivity index (χ2n) is 4.96. The van der Waals surface area contributed by atoms with E-state index in [0.717, 1.165) is 0 Å². The van der Waals surface area contributed by atoms with Gasteiger partial charge in [0.1, 0.15) is 24.4 Å². The monoisotopic (exact) mass is 236 g/mol. The van der Waals surface area contributed by atoms with Crippen LogP contribution in [0, 0.1) is 0 Å². The van der Waals surface area contributed by atoms with E-state index < -0.39 is 36.3 Å². The normalized spacial score (nSPS) is 41.1. The number of aliphatic hydroxyl groups is 4. The van der Waals surface area contributed by atoms with E-state index in [9.17, 15) is 20.4 Å². The summed E-state index contributed by atoms with van der Waals surface area (Å²) < 4.78 is 10.3. The van der Waals surface area contributed by atoms with E-state index in [2.05, 4.69) is 0 Å². The molecule has 4 N–H and O–H groups in total. The summed E-state index contributed by atoms with van der Waals surface area (Å²) in [5, 5.41) is 37.5. The lowest BCUT2D eigenvalue weighted by atomic mass is 9.99. The van der Waals surface area contributed by atoms with Gasteiger partial charge in [-0.15, -0.1) is 0 Å². The molecule has 1 heterocycles. The van der Waals surface area contributed by atoms with Gasteiger partial charge in [-0.05, 0) is 20.8 Å². The minimum Gasteiger partial charge on any atom is -0.387 e. The highest BCUT2D eigenvalue weighted by atomic mass is 16.6. The zero-order valence-electron chi connectivity index (χ0n) is 9.70. The first-order valence-corrected chi connectivity index (χ1v) is 5.24. The molecule has 0 aromatic carbocycles. The maximum atomic E-state index is 9.60. The second kappa shape index (κ2) is 4.95. The summed E-state index contributed by atoms with van der Waals surface area (Å²) >= 11 is 0. The van der Waals surface area contributed by atoms with Crippen molar-refractivity contribution in [3.05, 3.63) is 0 Å². The van der Waals surface area contributed by atoms with Crippen molar-refractivity contribution in [2.75, 3.05) is 6.61 Å². The van der Waals surface area contributed by atoms with Crippen LogP contribution in [0.1, 0.15) is 20.8 Å². The minimum atomic E-state index is -1.51. The van der Waals surface area contributed by atoms with Crippen LogP contribution in [0.25, 0.3) is 0 Å². The molecule has 1 unspecified atom stereocenters. The van der Waals surface area contributed by atoms with E-state index in [4.69, 9.17) is 9.47 Å². The first-order valence-electron chi connectivity index (χ1n) is 5.24. The molecule has 0 spiro atoms. The van der Waals surface area contributed by atoms with Crippen molar-refractivity contribution in [1.82, 2.24) is 0 Å². The molecule has 6 nitrogen and oxygen atoms in total. The predicted octanol–water partition coefficient (Wildman–Crippen LogP) is -1.40. The van der Waals surface area contributed by atoms with Crippen molar-refractivity contribution in [1.29, 1.82) is 0 Å². The van der Waals surface area contributed by atoms with Gasteiger partial charge in [-0.25, -0.2) is 0 Å². The summed E-state index contributed by atoms with van der Waals surface area (Å²) in [5.74, 6) is 0. The standard InChI is InChI=1S/C10H20O6/c1-10(2,3)15-4-5-6(11)7(12)8(13)9(14)16-5/h5-9,11-14H,4H2,1-3H3/t5?,6-,7+,8-,9+/m1/s1. The minimum absolute atomic E-state index is 0.0332. The van der Waals surface area contributed by atoms with Crippen molar-refractivity contribution >= 4 is 0 Å². The zero-order chi connectivity index (χ0) is 12.5. The van der Waals surface area contributed by atoms with E-state index in [1.54, 1.807) is 0 Å². The van der Waals surface area contributed by atoms with Gasteiger partial charge in [-0.3, -0.25) is 0 Å². The third-order valence-corrected chi connectivity index (χ3v) is 2.37. The lowest BCUT2D eigenvalue weighted by Crippen LogP contribution is -2.58. The fourth-order valence-corrected chi connectivity index (χ4v) is 1.40. The number of hydrogen-bond donors (Lipinski definition) is 4. The lowest BCUT2D eigenvalue weighted by Gasteiger charge is -2.39. The van der Waals surface area contributed by atoms with Crippen LogP contribution in [0.2, 0.25) is 0 Å². The Morgan fingerprint density at radius 1 is 1.00 bits per heavy atom. The molecule has 1 fully saturated rings. The molecule has 0 amide bonds. The summed E-state index contributed by atoms with van der Waals surface area (Å²) in [6.45, 7) is 5.54. The summed E-state index contributed by atoms with van der Waals surface area (Å²) in [5.41, 5.74) is -0.408. The molecule has 5 atom stereocenters. The molecule has 1 saturated heterocycles. The zero-order valence-corrected chi connectivity index (χ0v) is 9.70. The van der Waals surface area contributed by atoms with Crippen molar-refractivity contribution in [2.45, 2.75) is 57.1 Å². The van der Waals surface area contributed by atoms with Gasteiger partial charge in [-0.2, -0.15) is 0 Å². The molecule has 0 aromatic rings. The summed E-state index contributed by atoms with van der Waals surface area (Å²) in [6, 6.07) is 0. The highest BCUT2D eigenvalue weighted by Gasteiger charge is 2.43. The van der Waals surface area contributed by atoms with Crippen molar-refractivity contribution < 1.29 is 29.9 Å². The van der Waals surface area contributed by atoms with Crippen LogP contribution in [0.4, 0.5) is 0 Å². The fourth-order valence-electron chi connectivity index (χ4n) is 1.40. The van der Waals surface area contributed by atoms with Crippen LogP contribution in [-0.2, 0) is 9.47 Å². The molecule has 0 aromatic heterocycles. The SMILES string of the molecule is CC(C)(C)OCC1O[C@H](O)[C@H](O)[C@@H](O)[C@@H]1O. The largest absolute Gasteiger partial charge is 0.387 e. The number of rotatable bonds is 2. The van der Waals surface area contributed by atoms with E-state index in [1.165, 1.54) is 0 Å². The van der Waals surface area contributed by atoms with Gasteiger partial charge in [0, 0.05) is 0 Å². The van der Waals surface area contributed by atoms with Gasteiger partial charge >= 0.3 is 0 Å². The Morgan fingerprint density at radius 3 is 2.06 bits per heavy atom. The Hall–Kier alpha value is -0.240. The maximum Gasteiger partial charge on any atom is 0.184 e. The third-order valence-electron chi connectivity index (χ3n) is 2.37. The first kappa shape index (κ1) is 13.8. The van der Waals surface area contributed by atoms with Gasteiger partial charge in [0.05, 0.1) is 12.2 Å². The lowest BCUT2D eigenvalue weighted by molar-refractivity contribution is -0.292. The molecule has 1 aliphatic heterocycles. The number of aliphatic hydroxyl groups excluding tert-OH is 4. The Balaban J connectivity index is 2.54. The Labute approximate surface area is 94.4 Å². The average molecular weight is 236 g/mol. The third kappa shape index (κ3) is 3.38. The molecule has 0 saturated carbocycles. The van der Waals surface area contributed by atoms with E-state index in [1.807, 2.05) is 20.8 Å². The second-order valence-corrected chi connectivity index (χ2v) is 4.96. The average Bonchev–Trinajstić information content (AvgIpc) is 2.17. The van der Waals surface area contributed by atoms with Crippen molar-refractivity contribution in [3.8, 4) is 0 Å². The molecule has 0 aliphatic carbocycles. The summed E-state index contributed by atoms with van der Waals surface area (Å²) in [7, 11) is 0. The van der Waals surface area contributed by atoms with Crippen LogP contribution < -0.4 is 0 Å².